The summed E-state index contributed by atoms with van der Waals surface area (Å²) in [5.74, 6) is 5.60. The van der Waals surface area contributed by atoms with Crippen LogP contribution in [0.3, 0.4) is 0 Å². The van der Waals surface area contributed by atoms with Crippen LogP contribution < -0.4 is 11.3 Å². The van der Waals surface area contributed by atoms with Gasteiger partial charge in [0.2, 0.25) is 0 Å². The standard InChI is InChI=1S/C12H19BrN2O/c1-9-10(5-3-6-11(9)13)12(15-14)7-4-8-16-2/h3,5-6,12,15H,4,7-8,14H2,1-2H3. The first-order chi connectivity index (χ1) is 7.70. The van der Waals surface area contributed by atoms with E-state index in [1.807, 2.05) is 12.1 Å². The van der Waals surface area contributed by atoms with Gasteiger partial charge < -0.3 is 4.74 Å². The summed E-state index contributed by atoms with van der Waals surface area (Å²) in [4.78, 5) is 0. The third-order valence-corrected chi connectivity index (χ3v) is 3.59. The molecule has 3 N–H and O–H groups in total. The van der Waals surface area contributed by atoms with Gasteiger partial charge in [-0.3, -0.25) is 11.3 Å². The number of rotatable bonds is 6. The Hall–Kier alpha value is -0.420. The molecular weight excluding hydrogens is 268 g/mol. The lowest BCUT2D eigenvalue weighted by atomic mass is 9.98. The molecule has 1 atom stereocenters. The Labute approximate surface area is 105 Å². The third kappa shape index (κ3) is 3.56. The minimum Gasteiger partial charge on any atom is -0.385 e. The predicted octanol–water partition coefficient (Wildman–Crippen LogP) is 2.69. The molecule has 0 bridgehead atoms. The molecule has 0 aliphatic carbocycles. The first-order valence-corrected chi connectivity index (χ1v) is 6.20. The van der Waals surface area contributed by atoms with E-state index >= 15 is 0 Å². The van der Waals surface area contributed by atoms with Crippen molar-refractivity contribution >= 4 is 15.9 Å². The molecule has 90 valence electrons. The van der Waals surface area contributed by atoms with E-state index in [4.69, 9.17) is 10.6 Å². The van der Waals surface area contributed by atoms with Crippen LogP contribution in [0.25, 0.3) is 0 Å². The highest BCUT2D eigenvalue weighted by Crippen LogP contribution is 2.26. The van der Waals surface area contributed by atoms with Crippen molar-refractivity contribution in [3.63, 3.8) is 0 Å². The first-order valence-electron chi connectivity index (χ1n) is 5.40. The molecule has 0 saturated heterocycles. The number of hydrogen-bond donors (Lipinski definition) is 2. The summed E-state index contributed by atoms with van der Waals surface area (Å²) in [7, 11) is 1.72. The van der Waals surface area contributed by atoms with Crippen molar-refractivity contribution in [2.75, 3.05) is 13.7 Å². The van der Waals surface area contributed by atoms with Crippen LogP contribution >= 0.6 is 15.9 Å². The van der Waals surface area contributed by atoms with Gasteiger partial charge in [-0.25, -0.2) is 0 Å². The Morgan fingerprint density at radius 1 is 1.50 bits per heavy atom. The van der Waals surface area contributed by atoms with Gasteiger partial charge in [0.1, 0.15) is 0 Å². The summed E-state index contributed by atoms with van der Waals surface area (Å²) >= 11 is 3.53. The van der Waals surface area contributed by atoms with Crippen LogP contribution in [-0.2, 0) is 4.74 Å². The maximum absolute atomic E-state index is 5.60. The van der Waals surface area contributed by atoms with Gasteiger partial charge in [-0.2, -0.15) is 0 Å². The average Bonchev–Trinajstić information content (AvgIpc) is 2.29. The first kappa shape index (κ1) is 13.6. The number of ether oxygens (including phenoxy) is 1. The number of methoxy groups -OCH3 is 1. The Kier molecular flexibility index (Phi) is 5.98. The summed E-state index contributed by atoms with van der Waals surface area (Å²) in [6, 6.07) is 6.37. The van der Waals surface area contributed by atoms with Crippen LogP contribution in [0, 0.1) is 6.92 Å². The zero-order valence-corrected chi connectivity index (χ0v) is 11.4. The zero-order valence-electron chi connectivity index (χ0n) is 9.79. The molecule has 4 heteroatoms. The molecule has 1 rings (SSSR count). The van der Waals surface area contributed by atoms with E-state index in [9.17, 15) is 0 Å². The van der Waals surface area contributed by atoms with Gasteiger partial charge in [0.15, 0.2) is 0 Å². The zero-order chi connectivity index (χ0) is 12.0. The highest BCUT2D eigenvalue weighted by molar-refractivity contribution is 9.10. The van der Waals surface area contributed by atoms with E-state index in [1.165, 1.54) is 11.1 Å². The maximum Gasteiger partial charge on any atom is 0.0463 e. The summed E-state index contributed by atoms with van der Waals surface area (Å²) in [6.45, 7) is 2.87. The average molecular weight is 287 g/mol. The number of benzene rings is 1. The normalized spacial score (nSPS) is 12.8. The van der Waals surface area contributed by atoms with E-state index < -0.39 is 0 Å². The molecule has 0 radical (unpaired) electrons. The smallest absolute Gasteiger partial charge is 0.0463 e. The van der Waals surface area contributed by atoms with E-state index in [1.54, 1.807) is 7.11 Å². The number of nitrogens with one attached hydrogen (secondary N) is 1. The largest absolute Gasteiger partial charge is 0.385 e. The van der Waals surface area contributed by atoms with Crippen molar-refractivity contribution in [2.45, 2.75) is 25.8 Å². The Bertz CT molecular complexity index is 331. The minimum absolute atomic E-state index is 0.188. The maximum atomic E-state index is 5.60. The fourth-order valence-corrected chi connectivity index (χ4v) is 2.14. The predicted molar refractivity (Wildman–Crippen MR) is 70.1 cm³/mol. The highest BCUT2D eigenvalue weighted by atomic mass is 79.9. The van der Waals surface area contributed by atoms with Gasteiger partial charge >= 0.3 is 0 Å². The Morgan fingerprint density at radius 2 is 2.25 bits per heavy atom. The topological polar surface area (TPSA) is 47.3 Å². The highest BCUT2D eigenvalue weighted by Gasteiger charge is 2.12. The second-order valence-corrected chi connectivity index (χ2v) is 4.66. The molecule has 3 nitrogen and oxygen atoms in total. The van der Waals surface area contributed by atoms with Crippen molar-refractivity contribution in [3.05, 3.63) is 33.8 Å². The molecule has 0 aromatic heterocycles. The molecule has 0 amide bonds. The SMILES string of the molecule is COCCCC(NN)c1cccc(Br)c1C. The van der Waals surface area contributed by atoms with Crippen molar-refractivity contribution in [1.82, 2.24) is 5.43 Å². The fourth-order valence-electron chi connectivity index (χ4n) is 1.76. The third-order valence-electron chi connectivity index (χ3n) is 2.73. The number of hydrazine groups is 1. The summed E-state index contributed by atoms with van der Waals surface area (Å²) < 4.78 is 6.17. The minimum atomic E-state index is 0.188. The van der Waals surface area contributed by atoms with Crippen LogP contribution in [0.4, 0.5) is 0 Å². The second-order valence-electron chi connectivity index (χ2n) is 3.81. The molecule has 0 aliphatic rings. The lowest BCUT2D eigenvalue weighted by Gasteiger charge is -2.19. The Morgan fingerprint density at radius 3 is 2.88 bits per heavy atom. The van der Waals surface area contributed by atoms with Crippen LogP contribution in [-0.4, -0.2) is 13.7 Å². The second kappa shape index (κ2) is 7.01. The molecule has 1 aromatic rings. The van der Waals surface area contributed by atoms with E-state index in [-0.39, 0.29) is 6.04 Å². The van der Waals surface area contributed by atoms with E-state index in [2.05, 4.69) is 34.3 Å². The summed E-state index contributed by atoms with van der Waals surface area (Å²) in [5.41, 5.74) is 5.35. The van der Waals surface area contributed by atoms with Crippen LogP contribution in [0.1, 0.15) is 30.0 Å². The van der Waals surface area contributed by atoms with Gasteiger partial charge in [-0.05, 0) is 37.0 Å². The van der Waals surface area contributed by atoms with Gasteiger partial charge in [0.05, 0.1) is 0 Å². The monoisotopic (exact) mass is 286 g/mol. The molecule has 0 aliphatic heterocycles. The number of nitrogens with two attached hydrogens (primary N) is 1. The van der Waals surface area contributed by atoms with Crippen molar-refractivity contribution in [3.8, 4) is 0 Å². The van der Waals surface area contributed by atoms with Gasteiger partial charge in [-0.15, -0.1) is 0 Å². The molecule has 0 saturated carbocycles. The molecule has 1 aromatic carbocycles. The summed E-state index contributed by atoms with van der Waals surface area (Å²) in [6.07, 6.45) is 1.97. The summed E-state index contributed by atoms with van der Waals surface area (Å²) in [5, 5.41) is 0. The van der Waals surface area contributed by atoms with E-state index in [0.717, 1.165) is 23.9 Å². The molecule has 0 fully saturated rings. The molecule has 16 heavy (non-hydrogen) atoms. The van der Waals surface area contributed by atoms with Gasteiger partial charge in [0, 0.05) is 24.2 Å². The van der Waals surface area contributed by atoms with Crippen LogP contribution in [0.2, 0.25) is 0 Å². The van der Waals surface area contributed by atoms with Crippen molar-refractivity contribution in [1.29, 1.82) is 0 Å². The van der Waals surface area contributed by atoms with Crippen LogP contribution in [0.5, 0.6) is 0 Å². The van der Waals surface area contributed by atoms with Gasteiger partial charge in [-0.1, -0.05) is 28.1 Å². The molecule has 1 unspecified atom stereocenters. The molecular formula is C12H19BrN2O. The molecule has 0 spiro atoms. The van der Waals surface area contributed by atoms with Crippen LogP contribution in [0.15, 0.2) is 22.7 Å². The molecule has 0 heterocycles. The Balaban J connectivity index is 2.74. The van der Waals surface area contributed by atoms with E-state index in [0.29, 0.717) is 0 Å². The van der Waals surface area contributed by atoms with Gasteiger partial charge in [0.25, 0.3) is 0 Å². The van der Waals surface area contributed by atoms with Crippen molar-refractivity contribution in [2.24, 2.45) is 5.84 Å². The number of halogens is 1. The fraction of sp³-hybridized carbons (Fsp3) is 0.500. The lowest BCUT2D eigenvalue weighted by molar-refractivity contribution is 0.188. The quantitative estimate of drug-likeness (QED) is 0.480. The number of hydrogen-bond acceptors (Lipinski definition) is 3. The van der Waals surface area contributed by atoms with Crippen molar-refractivity contribution < 1.29 is 4.74 Å². The lowest BCUT2D eigenvalue weighted by Crippen LogP contribution is -2.28.